The average Bonchev–Trinajstić information content (AvgIpc) is 2.43. The predicted octanol–water partition coefficient (Wildman–Crippen LogP) is 1.32. The van der Waals surface area contributed by atoms with E-state index in [0.717, 1.165) is 0 Å². The Balaban J connectivity index is 4.43. The van der Waals surface area contributed by atoms with Crippen LogP contribution in [0.3, 0.4) is 0 Å². The molecular formula is C13H22O6. The summed E-state index contributed by atoms with van der Waals surface area (Å²) in [6, 6.07) is 0. The Bertz CT molecular complexity index is 312. The fraction of sp³-hybridized carbons (Fsp3) is 0.769. The molecule has 2 unspecified atom stereocenters. The highest BCUT2D eigenvalue weighted by Gasteiger charge is 2.27. The Kier molecular flexibility index (Phi) is 8.57. The second-order valence-corrected chi connectivity index (χ2v) is 4.34. The summed E-state index contributed by atoms with van der Waals surface area (Å²) in [4.78, 5) is 33.9. The second-order valence-electron chi connectivity index (χ2n) is 4.34. The van der Waals surface area contributed by atoms with Crippen molar-refractivity contribution >= 4 is 17.9 Å². The molecule has 0 N–H and O–H groups in total. The number of hydrogen-bond acceptors (Lipinski definition) is 6. The van der Waals surface area contributed by atoms with E-state index in [2.05, 4.69) is 9.47 Å². The maximum absolute atomic E-state index is 11.7. The molecule has 0 fully saturated rings. The Morgan fingerprint density at radius 1 is 0.842 bits per heavy atom. The zero-order valence-corrected chi connectivity index (χ0v) is 11.9. The van der Waals surface area contributed by atoms with Gasteiger partial charge >= 0.3 is 17.9 Å². The Morgan fingerprint density at radius 2 is 1.32 bits per heavy atom. The van der Waals surface area contributed by atoms with Crippen molar-refractivity contribution in [3.63, 3.8) is 0 Å². The summed E-state index contributed by atoms with van der Waals surface area (Å²) in [5, 5.41) is 0. The van der Waals surface area contributed by atoms with Crippen LogP contribution in [0.15, 0.2) is 0 Å². The van der Waals surface area contributed by atoms with Crippen LogP contribution in [0.1, 0.15) is 32.6 Å². The van der Waals surface area contributed by atoms with Crippen LogP contribution in [0, 0.1) is 11.8 Å². The van der Waals surface area contributed by atoms with E-state index in [1.54, 1.807) is 0 Å². The highest BCUT2D eigenvalue weighted by molar-refractivity contribution is 5.75. The molecule has 110 valence electrons. The van der Waals surface area contributed by atoms with Crippen molar-refractivity contribution in [2.75, 3.05) is 21.3 Å². The number of esters is 3. The molecule has 2 atom stereocenters. The van der Waals surface area contributed by atoms with E-state index < -0.39 is 5.92 Å². The topological polar surface area (TPSA) is 78.9 Å². The third-order valence-electron chi connectivity index (χ3n) is 3.11. The van der Waals surface area contributed by atoms with Gasteiger partial charge in [0, 0.05) is 12.8 Å². The van der Waals surface area contributed by atoms with Crippen LogP contribution in [0.2, 0.25) is 0 Å². The summed E-state index contributed by atoms with van der Waals surface area (Å²) in [5.41, 5.74) is 0. The Labute approximate surface area is 113 Å². The van der Waals surface area contributed by atoms with Gasteiger partial charge in [-0.15, -0.1) is 0 Å². The van der Waals surface area contributed by atoms with Gasteiger partial charge in [-0.25, -0.2) is 0 Å². The van der Waals surface area contributed by atoms with Crippen molar-refractivity contribution in [1.29, 1.82) is 0 Å². The molecule has 0 aliphatic heterocycles. The van der Waals surface area contributed by atoms with E-state index in [4.69, 9.17) is 4.74 Å². The van der Waals surface area contributed by atoms with Gasteiger partial charge in [0.2, 0.25) is 0 Å². The number of methoxy groups -OCH3 is 3. The first-order valence-corrected chi connectivity index (χ1v) is 6.17. The minimum Gasteiger partial charge on any atom is -0.469 e. The summed E-state index contributed by atoms with van der Waals surface area (Å²) >= 11 is 0. The van der Waals surface area contributed by atoms with Gasteiger partial charge < -0.3 is 14.2 Å². The van der Waals surface area contributed by atoms with Gasteiger partial charge in [0.1, 0.15) is 0 Å². The molecule has 0 bridgehead atoms. The van der Waals surface area contributed by atoms with Crippen LogP contribution in [0.25, 0.3) is 0 Å². The average molecular weight is 274 g/mol. The number of rotatable bonds is 8. The lowest BCUT2D eigenvalue weighted by Gasteiger charge is -2.20. The van der Waals surface area contributed by atoms with E-state index in [0.29, 0.717) is 12.8 Å². The van der Waals surface area contributed by atoms with E-state index >= 15 is 0 Å². The summed E-state index contributed by atoms with van der Waals surface area (Å²) in [6.07, 6.45) is 1.25. The summed E-state index contributed by atoms with van der Waals surface area (Å²) in [5.74, 6) is -1.55. The fourth-order valence-corrected chi connectivity index (χ4v) is 1.81. The quantitative estimate of drug-likeness (QED) is 0.490. The third-order valence-corrected chi connectivity index (χ3v) is 3.11. The SMILES string of the molecule is COC(=O)CCC(C)C(CCC(=O)OC)C(=O)OC. The molecule has 0 aliphatic rings. The van der Waals surface area contributed by atoms with Crippen molar-refractivity contribution in [3.05, 3.63) is 0 Å². The number of hydrogen-bond donors (Lipinski definition) is 0. The maximum atomic E-state index is 11.7. The monoisotopic (exact) mass is 274 g/mol. The fourth-order valence-electron chi connectivity index (χ4n) is 1.81. The van der Waals surface area contributed by atoms with Crippen LogP contribution >= 0.6 is 0 Å². The summed E-state index contributed by atoms with van der Waals surface area (Å²) in [7, 11) is 3.93. The smallest absolute Gasteiger partial charge is 0.308 e. The lowest BCUT2D eigenvalue weighted by molar-refractivity contribution is -0.149. The predicted molar refractivity (Wildman–Crippen MR) is 67.2 cm³/mol. The van der Waals surface area contributed by atoms with Gasteiger partial charge in [0.05, 0.1) is 27.2 Å². The van der Waals surface area contributed by atoms with Gasteiger partial charge in [-0.05, 0) is 18.8 Å². The summed E-state index contributed by atoms with van der Waals surface area (Å²) in [6.45, 7) is 1.85. The van der Waals surface area contributed by atoms with E-state index in [-0.39, 0.29) is 36.7 Å². The molecule has 0 amide bonds. The normalized spacial score (nSPS) is 13.3. The van der Waals surface area contributed by atoms with Crippen LogP contribution in [-0.4, -0.2) is 39.2 Å². The van der Waals surface area contributed by atoms with Gasteiger partial charge in [-0.1, -0.05) is 6.92 Å². The van der Waals surface area contributed by atoms with Crippen molar-refractivity contribution in [1.82, 2.24) is 0 Å². The lowest BCUT2D eigenvalue weighted by Crippen LogP contribution is -2.25. The van der Waals surface area contributed by atoms with Crippen molar-refractivity contribution in [2.24, 2.45) is 11.8 Å². The lowest BCUT2D eigenvalue weighted by atomic mass is 9.86. The van der Waals surface area contributed by atoms with Crippen LogP contribution in [-0.2, 0) is 28.6 Å². The van der Waals surface area contributed by atoms with Crippen LogP contribution < -0.4 is 0 Å². The zero-order chi connectivity index (χ0) is 14.8. The molecule has 6 heteroatoms. The first-order chi connectivity index (χ1) is 8.96. The molecule has 0 aromatic carbocycles. The first kappa shape index (κ1) is 17.4. The molecule has 0 heterocycles. The second kappa shape index (κ2) is 9.35. The molecule has 19 heavy (non-hydrogen) atoms. The van der Waals surface area contributed by atoms with Gasteiger partial charge in [-0.2, -0.15) is 0 Å². The van der Waals surface area contributed by atoms with E-state index in [9.17, 15) is 14.4 Å². The third kappa shape index (κ3) is 6.79. The molecule has 0 saturated carbocycles. The molecule has 0 rings (SSSR count). The maximum Gasteiger partial charge on any atom is 0.308 e. The van der Waals surface area contributed by atoms with Crippen molar-refractivity contribution < 1.29 is 28.6 Å². The Morgan fingerprint density at radius 3 is 1.74 bits per heavy atom. The van der Waals surface area contributed by atoms with Gasteiger partial charge in [-0.3, -0.25) is 14.4 Å². The van der Waals surface area contributed by atoms with Crippen LogP contribution in [0.4, 0.5) is 0 Å². The van der Waals surface area contributed by atoms with E-state index in [1.807, 2.05) is 6.92 Å². The van der Waals surface area contributed by atoms with Crippen molar-refractivity contribution in [2.45, 2.75) is 32.6 Å². The standard InChI is InChI=1S/C13H22O6/c1-9(5-7-11(14)17-2)10(13(16)19-4)6-8-12(15)18-3/h9-10H,5-8H2,1-4H3. The molecule has 0 saturated heterocycles. The van der Waals surface area contributed by atoms with Crippen molar-refractivity contribution in [3.8, 4) is 0 Å². The van der Waals surface area contributed by atoms with Gasteiger partial charge in [0.15, 0.2) is 0 Å². The first-order valence-electron chi connectivity index (χ1n) is 6.17. The molecule has 0 radical (unpaired) electrons. The van der Waals surface area contributed by atoms with E-state index in [1.165, 1.54) is 21.3 Å². The molecule has 0 aromatic rings. The number of ether oxygens (including phenoxy) is 3. The molecule has 0 aliphatic carbocycles. The highest BCUT2D eigenvalue weighted by atomic mass is 16.5. The Hall–Kier alpha value is -1.59. The highest BCUT2D eigenvalue weighted by Crippen LogP contribution is 2.24. The zero-order valence-electron chi connectivity index (χ0n) is 11.9. The number of carbonyl (C=O) groups excluding carboxylic acids is 3. The molecular weight excluding hydrogens is 252 g/mol. The van der Waals surface area contributed by atoms with Gasteiger partial charge in [0.25, 0.3) is 0 Å². The van der Waals surface area contributed by atoms with Crippen LogP contribution in [0.5, 0.6) is 0 Å². The minimum absolute atomic E-state index is 0.0730. The molecule has 0 aromatic heterocycles. The molecule has 0 spiro atoms. The summed E-state index contributed by atoms with van der Waals surface area (Å²) < 4.78 is 13.8. The minimum atomic E-state index is -0.422. The molecule has 6 nitrogen and oxygen atoms in total. The largest absolute Gasteiger partial charge is 0.469 e. The number of carbonyl (C=O) groups is 3.